The Morgan fingerprint density at radius 3 is 2.49 bits per heavy atom. The SMILES string of the molecule is CCN1c2cc(OC)c(/C=C3/C(=O)NC(=O)N(c4ccc(Cl)c(Cl)c4)C3=O)cc2C(C)CC1(C)C. The quantitative estimate of drug-likeness (QED) is 0.412. The third-order valence-corrected chi connectivity index (χ3v) is 7.36. The zero-order valence-electron chi connectivity index (χ0n) is 20.2. The van der Waals surface area contributed by atoms with Crippen LogP contribution in [-0.2, 0) is 9.59 Å². The van der Waals surface area contributed by atoms with E-state index in [0.29, 0.717) is 11.3 Å². The molecular weight excluding hydrogens is 489 g/mol. The molecule has 2 aliphatic rings. The molecule has 1 unspecified atom stereocenters. The summed E-state index contributed by atoms with van der Waals surface area (Å²) in [5, 5.41) is 2.70. The van der Waals surface area contributed by atoms with Crippen molar-refractivity contribution in [2.24, 2.45) is 0 Å². The van der Waals surface area contributed by atoms with Crippen LogP contribution in [0, 0.1) is 0 Å². The van der Waals surface area contributed by atoms with Crippen LogP contribution < -0.4 is 19.9 Å². The number of nitrogens with zero attached hydrogens (tertiary/aromatic N) is 2. The number of halogens is 2. The van der Waals surface area contributed by atoms with E-state index in [1.807, 2.05) is 12.1 Å². The number of ether oxygens (including phenoxy) is 1. The Hall–Kier alpha value is -3.03. The van der Waals surface area contributed by atoms with E-state index in [-0.39, 0.29) is 32.8 Å². The summed E-state index contributed by atoms with van der Waals surface area (Å²) in [7, 11) is 1.55. The molecule has 35 heavy (non-hydrogen) atoms. The van der Waals surface area contributed by atoms with Gasteiger partial charge in [0.1, 0.15) is 11.3 Å². The summed E-state index contributed by atoms with van der Waals surface area (Å²) in [6.07, 6.45) is 2.42. The first-order chi connectivity index (χ1) is 16.5. The highest BCUT2D eigenvalue weighted by Crippen LogP contribution is 2.46. The molecule has 0 bridgehead atoms. The summed E-state index contributed by atoms with van der Waals surface area (Å²) in [4.78, 5) is 41.8. The summed E-state index contributed by atoms with van der Waals surface area (Å²) in [5.74, 6) is -0.754. The number of imide groups is 2. The van der Waals surface area contributed by atoms with Gasteiger partial charge < -0.3 is 9.64 Å². The lowest BCUT2D eigenvalue weighted by molar-refractivity contribution is -0.122. The maximum atomic E-state index is 13.3. The maximum absolute atomic E-state index is 13.3. The minimum atomic E-state index is -0.859. The standard InChI is InChI=1S/C26H27Cl2N3O4/c1-6-30-21-12-22(35-5)15(9-17(21)14(2)13-26(30,3)4)10-18-23(32)29-25(34)31(24(18)33)16-7-8-19(27)20(28)11-16/h7-12,14H,6,13H2,1-5H3,(H,29,32,34)/b18-10-. The molecular formula is C26H27Cl2N3O4. The number of hydrogen-bond donors (Lipinski definition) is 1. The number of amides is 4. The highest BCUT2D eigenvalue weighted by molar-refractivity contribution is 6.43. The van der Waals surface area contributed by atoms with E-state index in [9.17, 15) is 14.4 Å². The summed E-state index contributed by atoms with van der Waals surface area (Å²) in [5.41, 5.74) is 2.75. The molecule has 0 radical (unpaired) electrons. The minimum absolute atomic E-state index is 0.0217. The lowest BCUT2D eigenvalue weighted by Gasteiger charge is -2.47. The van der Waals surface area contributed by atoms with Crippen LogP contribution in [0.1, 0.15) is 51.2 Å². The highest BCUT2D eigenvalue weighted by Gasteiger charge is 2.39. The Bertz CT molecular complexity index is 1270. The van der Waals surface area contributed by atoms with Crippen molar-refractivity contribution in [3.8, 4) is 5.75 Å². The number of benzene rings is 2. The van der Waals surface area contributed by atoms with Crippen LogP contribution >= 0.6 is 23.2 Å². The predicted octanol–water partition coefficient (Wildman–Crippen LogP) is 5.78. The average Bonchev–Trinajstić information content (AvgIpc) is 2.78. The van der Waals surface area contributed by atoms with Crippen molar-refractivity contribution in [3.05, 3.63) is 57.1 Å². The van der Waals surface area contributed by atoms with Crippen molar-refractivity contribution in [1.29, 1.82) is 0 Å². The predicted molar refractivity (Wildman–Crippen MR) is 139 cm³/mol. The molecule has 0 saturated carbocycles. The van der Waals surface area contributed by atoms with Gasteiger partial charge in [-0.1, -0.05) is 30.1 Å². The summed E-state index contributed by atoms with van der Waals surface area (Å²) in [6.45, 7) is 9.55. The van der Waals surface area contributed by atoms with E-state index in [4.69, 9.17) is 27.9 Å². The summed E-state index contributed by atoms with van der Waals surface area (Å²) in [6, 6.07) is 7.43. The van der Waals surface area contributed by atoms with Gasteiger partial charge >= 0.3 is 6.03 Å². The molecule has 184 valence electrons. The largest absolute Gasteiger partial charge is 0.496 e. The van der Waals surface area contributed by atoms with E-state index in [1.165, 1.54) is 24.3 Å². The monoisotopic (exact) mass is 515 g/mol. The van der Waals surface area contributed by atoms with Crippen LogP contribution in [0.4, 0.5) is 16.2 Å². The van der Waals surface area contributed by atoms with Crippen molar-refractivity contribution >= 4 is 58.5 Å². The Kier molecular flexibility index (Phi) is 6.60. The number of hydrogen-bond acceptors (Lipinski definition) is 5. The minimum Gasteiger partial charge on any atom is -0.496 e. The normalized spacial score (nSPS) is 20.7. The molecule has 1 atom stereocenters. The molecule has 1 saturated heterocycles. The molecule has 0 aromatic heterocycles. The molecule has 2 aromatic carbocycles. The van der Waals surface area contributed by atoms with Crippen LogP contribution in [0.2, 0.25) is 10.0 Å². The number of fused-ring (bicyclic) bond motifs is 1. The van der Waals surface area contributed by atoms with Crippen LogP contribution in [0.25, 0.3) is 6.08 Å². The number of nitrogens with one attached hydrogen (secondary N) is 1. The maximum Gasteiger partial charge on any atom is 0.335 e. The number of carbonyl (C=O) groups is 3. The zero-order chi connectivity index (χ0) is 25.7. The topological polar surface area (TPSA) is 79.0 Å². The number of methoxy groups -OCH3 is 1. The van der Waals surface area contributed by atoms with Gasteiger partial charge in [0.05, 0.1) is 22.8 Å². The second-order valence-electron chi connectivity index (χ2n) is 9.37. The highest BCUT2D eigenvalue weighted by atomic mass is 35.5. The molecule has 9 heteroatoms. The fourth-order valence-electron chi connectivity index (χ4n) is 5.09. The Labute approximate surface area is 214 Å². The van der Waals surface area contributed by atoms with Crippen LogP contribution in [0.5, 0.6) is 5.75 Å². The Morgan fingerprint density at radius 2 is 1.86 bits per heavy atom. The van der Waals surface area contributed by atoms with Gasteiger partial charge in [-0.3, -0.25) is 14.9 Å². The van der Waals surface area contributed by atoms with Crippen molar-refractivity contribution in [3.63, 3.8) is 0 Å². The molecule has 4 amide bonds. The molecule has 2 aliphatic heterocycles. The van der Waals surface area contributed by atoms with Crippen LogP contribution in [-0.4, -0.2) is 37.0 Å². The van der Waals surface area contributed by atoms with E-state index >= 15 is 0 Å². The number of barbiturate groups is 1. The van der Waals surface area contributed by atoms with Gasteiger partial charge in [-0.15, -0.1) is 0 Å². The fourth-order valence-corrected chi connectivity index (χ4v) is 5.38. The van der Waals surface area contributed by atoms with Crippen molar-refractivity contribution in [1.82, 2.24) is 5.32 Å². The van der Waals surface area contributed by atoms with Gasteiger partial charge in [-0.05, 0) is 69.0 Å². The molecule has 7 nitrogen and oxygen atoms in total. The summed E-state index contributed by atoms with van der Waals surface area (Å²) >= 11 is 12.1. The number of anilines is 2. The fraction of sp³-hybridized carbons (Fsp3) is 0.346. The lowest BCUT2D eigenvalue weighted by Crippen LogP contribution is -2.54. The van der Waals surface area contributed by atoms with Gasteiger partial charge in [0.25, 0.3) is 11.8 Å². The Balaban J connectivity index is 1.81. The molecule has 1 N–H and O–H groups in total. The second-order valence-corrected chi connectivity index (χ2v) is 10.2. The van der Waals surface area contributed by atoms with Gasteiger partial charge in [-0.25, -0.2) is 9.69 Å². The van der Waals surface area contributed by atoms with E-state index in [0.717, 1.165) is 29.1 Å². The summed E-state index contributed by atoms with van der Waals surface area (Å²) < 4.78 is 5.65. The Morgan fingerprint density at radius 1 is 1.14 bits per heavy atom. The first-order valence-electron chi connectivity index (χ1n) is 11.3. The average molecular weight is 516 g/mol. The van der Waals surface area contributed by atoms with Crippen molar-refractivity contribution in [2.75, 3.05) is 23.5 Å². The van der Waals surface area contributed by atoms with Gasteiger partial charge in [-0.2, -0.15) is 0 Å². The molecule has 1 fully saturated rings. The second kappa shape index (κ2) is 9.21. The number of rotatable bonds is 4. The van der Waals surface area contributed by atoms with Crippen LogP contribution in [0.3, 0.4) is 0 Å². The van der Waals surface area contributed by atoms with E-state index < -0.39 is 17.8 Å². The third-order valence-electron chi connectivity index (χ3n) is 6.62. The van der Waals surface area contributed by atoms with Gasteiger partial charge in [0, 0.05) is 29.4 Å². The van der Waals surface area contributed by atoms with Gasteiger partial charge in [0.15, 0.2) is 0 Å². The number of urea groups is 1. The first kappa shape index (κ1) is 25.1. The van der Waals surface area contributed by atoms with Crippen molar-refractivity contribution in [2.45, 2.75) is 45.6 Å². The zero-order valence-corrected chi connectivity index (χ0v) is 21.8. The first-order valence-corrected chi connectivity index (χ1v) is 12.1. The third kappa shape index (κ3) is 4.39. The van der Waals surface area contributed by atoms with Gasteiger partial charge in [0.2, 0.25) is 0 Å². The number of carbonyl (C=O) groups excluding carboxylic acids is 3. The molecule has 0 aliphatic carbocycles. The molecule has 4 rings (SSSR count). The lowest BCUT2D eigenvalue weighted by atomic mass is 9.79. The van der Waals surface area contributed by atoms with Crippen LogP contribution in [0.15, 0.2) is 35.9 Å². The molecule has 2 heterocycles. The molecule has 2 aromatic rings. The van der Waals surface area contributed by atoms with E-state index in [1.54, 1.807) is 7.11 Å². The van der Waals surface area contributed by atoms with Crippen molar-refractivity contribution < 1.29 is 19.1 Å². The smallest absolute Gasteiger partial charge is 0.335 e. The molecule has 0 spiro atoms. The van der Waals surface area contributed by atoms with E-state index in [2.05, 4.69) is 37.9 Å².